The van der Waals surface area contributed by atoms with Gasteiger partial charge in [0.25, 0.3) is 0 Å². The maximum Gasteiger partial charge on any atom is 0.203 e. The molecule has 0 saturated carbocycles. The van der Waals surface area contributed by atoms with Gasteiger partial charge < -0.3 is 14.6 Å². The van der Waals surface area contributed by atoms with E-state index < -0.39 is 0 Å². The van der Waals surface area contributed by atoms with Crippen molar-refractivity contribution < 1.29 is 4.42 Å². The van der Waals surface area contributed by atoms with Crippen LogP contribution in [-0.4, -0.2) is 30.6 Å². The summed E-state index contributed by atoms with van der Waals surface area (Å²) in [6, 6.07) is 6.19. The van der Waals surface area contributed by atoms with Crippen LogP contribution in [0.2, 0.25) is 0 Å². The smallest absolute Gasteiger partial charge is 0.203 e. The molecule has 0 spiro atoms. The van der Waals surface area contributed by atoms with Crippen LogP contribution in [0.5, 0.6) is 0 Å². The first-order valence-electron chi connectivity index (χ1n) is 7.26. The van der Waals surface area contributed by atoms with E-state index >= 15 is 0 Å². The number of nitriles is 1. The number of nitrogens with zero attached hydrogens (tertiary/aromatic N) is 2. The fraction of sp³-hybridized carbons (Fsp3) is 0.667. The molecular formula is C15H23N3O. The van der Waals surface area contributed by atoms with Crippen LogP contribution >= 0.6 is 0 Å². The number of hydrogen-bond donors (Lipinski definition) is 1. The second kappa shape index (κ2) is 7.32. The zero-order valence-corrected chi connectivity index (χ0v) is 11.7. The average Bonchev–Trinajstić information content (AvgIpc) is 2.92. The van der Waals surface area contributed by atoms with Gasteiger partial charge in [-0.1, -0.05) is 13.3 Å². The molecule has 1 aliphatic heterocycles. The lowest BCUT2D eigenvalue weighted by Crippen LogP contribution is -2.42. The largest absolute Gasteiger partial charge is 0.449 e. The van der Waals surface area contributed by atoms with Crippen molar-refractivity contribution in [3.8, 4) is 6.07 Å². The fourth-order valence-electron chi connectivity index (χ4n) is 2.52. The number of furan rings is 1. The van der Waals surface area contributed by atoms with E-state index in [1.807, 2.05) is 12.1 Å². The summed E-state index contributed by atoms with van der Waals surface area (Å²) in [5, 5.41) is 12.2. The van der Waals surface area contributed by atoms with Crippen LogP contribution in [0.1, 0.15) is 44.1 Å². The molecule has 1 aliphatic rings. The molecule has 1 N–H and O–H groups in total. The number of piperidine rings is 1. The van der Waals surface area contributed by atoms with E-state index in [-0.39, 0.29) is 0 Å². The molecule has 0 aliphatic carbocycles. The maximum atomic E-state index is 8.70. The molecule has 0 bridgehead atoms. The summed E-state index contributed by atoms with van der Waals surface area (Å²) in [6.07, 6.45) is 4.99. The van der Waals surface area contributed by atoms with Crippen molar-refractivity contribution in [2.75, 3.05) is 19.6 Å². The molecule has 1 saturated heterocycles. The Kier molecular flexibility index (Phi) is 5.44. The second-order valence-corrected chi connectivity index (χ2v) is 5.23. The van der Waals surface area contributed by atoms with Crippen molar-refractivity contribution in [1.29, 1.82) is 5.26 Å². The first-order valence-corrected chi connectivity index (χ1v) is 7.26. The molecule has 0 unspecified atom stereocenters. The maximum absolute atomic E-state index is 8.70. The highest BCUT2D eigenvalue weighted by Gasteiger charge is 2.18. The molecule has 2 heterocycles. The Balaban J connectivity index is 1.67. The van der Waals surface area contributed by atoms with Gasteiger partial charge in [0.2, 0.25) is 5.76 Å². The van der Waals surface area contributed by atoms with Gasteiger partial charge in [-0.15, -0.1) is 0 Å². The Morgan fingerprint density at radius 1 is 1.42 bits per heavy atom. The summed E-state index contributed by atoms with van der Waals surface area (Å²) in [7, 11) is 0. The third-order valence-corrected chi connectivity index (χ3v) is 3.75. The summed E-state index contributed by atoms with van der Waals surface area (Å²) < 4.78 is 5.36. The molecule has 19 heavy (non-hydrogen) atoms. The number of unbranched alkanes of at least 4 members (excludes halogenated alkanes) is 1. The van der Waals surface area contributed by atoms with Crippen LogP contribution in [0, 0.1) is 11.3 Å². The van der Waals surface area contributed by atoms with E-state index in [9.17, 15) is 0 Å². The van der Waals surface area contributed by atoms with Gasteiger partial charge in [0.05, 0.1) is 6.54 Å². The molecule has 4 heteroatoms. The number of nitrogens with one attached hydrogen (secondary N) is 1. The van der Waals surface area contributed by atoms with Gasteiger partial charge in [-0.3, -0.25) is 0 Å². The molecule has 0 aromatic carbocycles. The predicted octanol–water partition coefficient (Wildman–Crippen LogP) is 2.51. The van der Waals surface area contributed by atoms with E-state index in [2.05, 4.69) is 17.1 Å². The van der Waals surface area contributed by atoms with Gasteiger partial charge in [-0.05, 0) is 51.0 Å². The summed E-state index contributed by atoms with van der Waals surface area (Å²) in [5.41, 5.74) is 0. The molecule has 0 atom stereocenters. The monoisotopic (exact) mass is 261 g/mol. The molecular weight excluding hydrogens is 238 g/mol. The Bertz CT molecular complexity index is 413. The number of rotatable bonds is 6. The van der Waals surface area contributed by atoms with Crippen molar-refractivity contribution >= 4 is 0 Å². The molecule has 2 rings (SSSR count). The minimum absolute atomic E-state index is 0.395. The Morgan fingerprint density at radius 3 is 2.84 bits per heavy atom. The summed E-state index contributed by atoms with van der Waals surface area (Å²) in [5.74, 6) is 1.25. The fourth-order valence-corrected chi connectivity index (χ4v) is 2.52. The number of likely N-dealkylation sites (tertiary alicyclic amines) is 1. The summed E-state index contributed by atoms with van der Waals surface area (Å²) in [6.45, 7) is 6.60. The van der Waals surface area contributed by atoms with Crippen molar-refractivity contribution in [1.82, 2.24) is 10.2 Å². The third-order valence-electron chi connectivity index (χ3n) is 3.75. The van der Waals surface area contributed by atoms with Crippen LogP contribution in [0.4, 0.5) is 0 Å². The van der Waals surface area contributed by atoms with Gasteiger partial charge in [0, 0.05) is 6.04 Å². The van der Waals surface area contributed by atoms with Crippen molar-refractivity contribution in [3.63, 3.8) is 0 Å². The second-order valence-electron chi connectivity index (χ2n) is 5.23. The highest BCUT2D eigenvalue weighted by Crippen LogP contribution is 2.13. The molecule has 1 fully saturated rings. The average molecular weight is 261 g/mol. The third kappa shape index (κ3) is 4.38. The highest BCUT2D eigenvalue weighted by atomic mass is 16.3. The van der Waals surface area contributed by atoms with E-state index in [1.165, 1.54) is 45.3 Å². The van der Waals surface area contributed by atoms with Crippen LogP contribution in [-0.2, 0) is 6.54 Å². The zero-order chi connectivity index (χ0) is 13.5. The van der Waals surface area contributed by atoms with Crippen LogP contribution in [0.3, 0.4) is 0 Å². The Morgan fingerprint density at radius 2 is 2.21 bits per heavy atom. The van der Waals surface area contributed by atoms with Crippen LogP contribution in [0.25, 0.3) is 0 Å². The van der Waals surface area contributed by atoms with E-state index in [4.69, 9.17) is 9.68 Å². The molecule has 4 nitrogen and oxygen atoms in total. The Hall–Kier alpha value is -1.31. The highest BCUT2D eigenvalue weighted by molar-refractivity contribution is 5.18. The van der Waals surface area contributed by atoms with Gasteiger partial charge in [-0.25, -0.2) is 0 Å². The molecule has 1 aromatic rings. The van der Waals surface area contributed by atoms with Crippen molar-refractivity contribution in [2.24, 2.45) is 0 Å². The van der Waals surface area contributed by atoms with Gasteiger partial charge in [0.1, 0.15) is 11.8 Å². The molecule has 1 aromatic heterocycles. The lowest BCUT2D eigenvalue weighted by molar-refractivity contribution is 0.193. The van der Waals surface area contributed by atoms with Gasteiger partial charge in [0.15, 0.2) is 0 Å². The van der Waals surface area contributed by atoms with Crippen LogP contribution < -0.4 is 5.32 Å². The normalized spacial score (nSPS) is 17.5. The first kappa shape index (κ1) is 14.1. The summed E-state index contributed by atoms with van der Waals surface area (Å²) in [4.78, 5) is 2.56. The lowest BCUT2D eigenvalue weighted by Gasteiger charge is -2.32. The minimum Gasteiger partial charge on any atom is -0.449 e. The van der Waals surface area contributed by atoms with Crippen molar-refractivity contribution in [2.45, 2.75) is 45.2 Å². The van der Waals surface area contributed by atoms with Gasteiger partial charge in [-0.2, -0.15) is 5.26 Å². The standard InChI is InChI=1S/C15H23N3O/c1-2-3-8-18-9-6-13(7-10-18)17-12-15-5-4-14(11-16)19-15/h4-5,13,17H,2-3,6-10,12H2,1H3. The van der Waals surface area contributed by atoms with E-state index in [0.29, 0.717) is 11.8 Å². The quantitative estimate of drug-likeness (QED) is 0.855. The zero-order valence-electron chi connectivity index (χ0n) is 11.7. The predicted molar refractivity (Wildman–Crippen MR) is 74.6 cm³/mol. The first-order chi connectivity index (χ1) is 9.31. The van der Waals surface area contributed by atoms with E-state index in [1.54, 1.807) is 6.07 Å². The van der Waals surface area contributed by atoms with Gasteiger partial charge >= 0.3 is 0 Å². The topological polar surface area (TPSA) is 52.2 Å². The molecule has 104 valence electrons. The minimum atomic E-state index is 0.395. The van der Waals surface area contributed by atoms with Crippen LogP contribution in [0.15, 0.2) is 16.5 Å². The Labute approximate surface area is 115 Å². The number of hydrogen-bond acceptors (Lipinski definition) is 4. The van der Waals surface area contributed by atoms with E-state index in [0.717, 1.165) is 12.3 Å². The molecule has 0 radical (unpaired) electrons. The molecule has 0 amide bonds. The summed E-state index contributed by atoms with van der Waals surface area (Å²) >= 11 is 0. The van der Waals surface area contributed by atoms with Crippen molar-refractivity contribution in [3.05, 3.63) is 23.7 Å². The SMILES string of the molecule is CCCCN1CCC(NCc2ccc(C#N)o2)CC1. The lowest BCUT2D eigenvalue weighted by atomic mass is 10.0.